The Morgan fingerprint density at radius 2 is 1.74 bits per heavy atom. The van der Waals surface area contributed by atoms with E-state index in [4.69, 9.17) is 0 Å². The third-order valence-electron chi connectivity index (χ3n) is 4.74. The van der Waals surface area contributed by atoms with Gasteiger partial charge in [-0.1, -0.05) is 48.5 Å². The van der Waals surface area contributed by atoms with Crippen molar-refractivity contribution in [3.63, 3.8) is 0 Å². The van der Waals surface area contributed by atoms with Gasteiger partial charge in [0.05, 0.1) is 12.5 Å². The molecule has 1 aliphatic heterocycles. The minimum absolute atomic E-state index is 0. The van der Waals surface area contributed by atoms with Gasteiger partial charge in [0.15, 0.2) is 0 Å². The Morgan fingerprint density at radius 1 is 1.11 bits per heavy atom. The van der Waals surface area contributed by atoms with Crippen molar-refractivity contribution in [2.75, 3.05) is 19.6 Å². The quantitative estimate of drug-likeness (QED) is 0.829. The van der Waals surface area contributed by atoms with Crippen LogP contribution in [-0.4, -0.2) is 42.4 Å². The SMILES string of the molecule is C[C@H]1CNCCN1C(=O)CC(NC(=O)c1ccccc1)c1ccccc1.Cl. The van der Waals surface area contributed by atoms with Gasteiger partial charge >= 0.3 is 0 Å². The number of halogens is 1. The highest BCUT2D eigenvalue weighted by Crippen LogP contribution is 2.20. The van der Waals surface area contributed by atoms with Gasteiger partial charge in [0.2, 0.25) is 5.91 Å². The highest BCUT2D eigenvalue weighted by Gasteiger charge is 2.26. The van der Waals surface area contributed by atoms with E-state index in [0.717, 1.165) is 18.7 Å². The third kappa shape index (κ3) is 5.55. The lowest BCUT2D eigenvalue weighted by Crippen LogP contribution is -2.52. The summed E-state index contributed by atoms with van der Waals surface area (Å²) in [7, 11) is 0. The monoisotopic (exact) mass is 387 g/mol. The van der Waals surface area contributed by atoms with Gasteiger partial charge in [-0.25, -0.2) is 0 Å². The Kier molecular flexibility index (Phi) is 7.82. The van der Waals surface area contributed by atoms with E-state index < -0.39 is 0 Å². The normalized spacial score (nSPS) is 17.5. The van der Waals surface area contributed by atoms with E-state index >= 15 is 0 Å². The zero-order valence-corrected chi connectivity index (χ0v) is 16.2. The van der Waals surface area contributed by atoms with Gasteiger partial charge in [-0.2, -0.15) is 0 Å². The molecule has 144 valence electrons. The van der Waals surface area contributed by atoms with Crippen molar-refractivity contribution in [1.29, 1.82) is 0 Å². The number of amides is 2. The summed E-state index contributed by atoms with van der Waals surface area (Å²) in [6, 6.07) is 18.6. The smallest absolute Gasteiger partial charge is 0.251 e. The lowest BCUT2D eigenvalue weighted by atomic mass is 10.0. The molecule has 2 N–H and O–H groups in total. The topological polar surface area (TPSA) is 61.4 Å². The fraction of sp³-hybridized carbons (Fsp3) is 0.333. The Labute approximate surface area is 166 Å². The summed E-state index contributed by atoms with van der Waals surface area (Å²) in [5.74, 6) is -0.0955. The Bertz CT molecular complexity index is 740. The van der Waals surface area contributed by atoms with E-state index in [1.807, 2.05) is 60.4 Å². The molecule has 2 aromatic rings. The van der Waals surface area contributed by atoms with Gasteiger partial charge in [0.25, 0.3) is 5.91 Å². The summed E-state index contributed by atoms with van der Waals surface area (Å²) in [6.45, 7) is 4.36. The van der Waals surface area contributed by atoms with Crippen molar-refractivity contribution in [2.24, 2.45) is 0 Å². The standard InChI is InChI=1S/C21H25N3O2.ClH/c1-16-15-22-12-13-24(16)20(25)14-19(17-8-4-2-5-9-17)23-21(26)18-10-6-3-7-11-18;/h2-11,16,19,22H,12-15H2,1H3,(H,23,26);1H/t16-,19?;/m0./s1. The number of nitrogens with zero attached hydrogens (tertiary/aromatic N) is 1. The number of rotatable bonds is 5. The van der Waals surface area contributed by atoms with Crippen LogP contribution in [0.5, 0.6) is 0 Å². The van der Waals surface area contributed by atoms with Crippen LogP contribution in [0, 0.1) is 0 Å². The van der Waals surface area contributed by atoms with Crippen LogP contribution in [0.3, 0.4) is 0 Å². The highest BCUT2D eigenvalue weighted by atomic mass is 35.5. The minimum atomic E-state index is -0.349. The number of hydrogen-bond donors (Lipinski definition) is 2. The van der Waals surface area contributed by atoms with Crippen molar-refractivity contribution in [1.82, 2.24) is 15.5 Å². The predicted molar refractivity (Wildman–Crippen MR) is 109 cm³/mol. The molecule has 1 unspecified atom stereocenters. The van der Waals surface area contributed by atoms with Gasteiger partial charge < -0.3 is 15.5 Å². The van der Waals surface area contributed by atoms with Gasteiger partial charge in [0.1, 0.15) is 0 Å². The second-order valence-electron chi connectivity index (χ2n) is 6.65. The molecule has 2 aromatic carbocycles. The summed E-state index contributed by atoms with van der Waals surface area (Å²) >= 11 is 0. The van der Waals surface area contributed by atoms with Crippen molar-refractivity contribution in [2.45, 2.75) is 25.4 Å². The molecule has 5 nitrogen and oxygen atoms in total. The molecule has 1 aliphatic rings. The highest BCUT2D eigenvalue weighted by molar-refractivity contribution is 5.94. The fourth-order valence-corrected chi connectivity index (χ4v) is 3.27. The van der Waals surface area contributed by atoms with Gasteiger partial charge in [-0.15, -0.1) is 12.4 Å². The molecule has 0 spiro atoms. The maximum atomic E-state index is 12.9. The first-order valence-electron chi connectivity index (χ1n) is 9.06. The molecule has 3 rings (SSSR count). The molecule has 0 aliphatic carbocycles. The molecule has 0 aromatic heterocycles. The van der Waals surface area contributed by atoms with Gasteiger partial charge in [-0.3, -0.25) is 9.59 Å². The van der Waals surface area contributed by atoms with Crippen molar-refractivity contribution in [3.8, 4) is 0 Å². The summed E-state index contributed by atoms with van der Waals surface area (Å²) in [6.07, 6.45) is 0.257. The molecule has 1 saturated heterocycles. The maximum absolute atomic E-state index is 12.9. The summed E-state index contributed by atoms with van der Waals surface area (Å²) in [4.78, 5) is 27.4. The lowest BCUT2D eigenvalue weighted by Gasteiger charge is -2.35. The zero-order valence-electron chi connectivity index (χ0n) is 15.4. The fourth-order valence-electron chi connectivity index (χ4n) is 3.27. The first-order valence-corrected chi connectivity index (χ1v) is 9.06. The number of hydrogen-bond acceptors (Lipinski definition) is 3. The molecule has 6 heteroatoms. The molecule has 0 radical (unpaired) electrons. The average Bonchev–Trinajstić information content (AvgIpc) is 2.69. The maximum Gasteiger partial charge on any atom is 0.251 e. The number of benzene rings is 2. The van der Waals surface area contributed by atoms with Crippen LogP contribution in [0.4, 0.5) is 0 Å². The van der Waals surface area contributed by atoms with Crippen molar-refractivity contribution >= 4 is 24.2 Å². The zero-order chi connectivity index (χ0) is 18.4. The Hall–Kier alpha value is -2.37. The molecule has 2 atom stereocenters. The van der Waals surface area contributed by atoms with Crippen LogP contribution in [-0.2, 0) is 4.79 Å². The largest absolute Gasteiger partial charge is 0.345 e. The van der Waals surface area contributed by atoms with Gasteiger partial charge in [-0.05, 0) is 24.6 Å². The molecule has 0 bridgehead atoms. The van der Waals surface area contributed by atoms with E-state index in [-0.39, 0.29) is 42.7 Å². The molecule has 1 heterocycles. The average molecular weight is 388 g/mol. The second-order valence-corrected chi connectivity index (χ2v) is 6.65. The van der Waals surface area contributed by atoms with E-state index in [1.165, 1.54) is 0 Å². The van der Waals surface area contributed by atoms with Crippen LogP contribution in [0.25, 0.3) is 0 Å². The second kappa shape index (κ2) is 10.1. The number of carbonyl (C=O) groups excluding carboxylic acids is 2. The molecule has 2 amide bonds. The summed E-state index contributed by atoms with van der Waals surface area (Å²) < 4.78 is 0. The van der Waals surface area contributed by atoms with E-state index in [2.05, 4.69) is 10.6 Å². The predicted octanol–water partition coefficient (Wildman–Crippen LogP) is 2.79. The van der Waals surface area contributed by atoms with Crippen molar-refractivity contribution in [3.05, 3.63) is 71.8 Å². The van der Waals surface area contributed by atoms with Crippen LogP contribution >= 0.6 is 12.4 Å². The Morgan fingerprint density at radius 3 is 2.37 bits per heavy atom. The van der Waals surface area contributed by atoms with E-state index in [0.29, 0.717) is 12.1 Å². The van der Waals surface area contributed by atoms with Gasteiger partial charge in [0, 0.05) is 31.2 Å². The first-order chi connectivity index (χ1) is 12.6. The van der Waals surface area contributed by atoms with Crippen LogP contribution < -0.4 is 10.6 Å². The van der Waals surface area contributed by atoms with Crippen LogP contribution in [0.2, 0.25) is 0 Å². The number of carbonyl (C=O) groups is 2. The molecular weight excluding hydrogens is 362 g/mol. The van der Waals surface area contributed by atoms with Crippen LogP contribution in [0.15, 0.2) is 60.7 Å². The van der Waals surface area contributed by atoms with E-state index in [9.17, 15) is 9.59 Å². The van der Waals surface area contributed by atoms with Crippen molar-refractivity contribution < 1.29 is 9.59 Å². The number of piperazine rings is 1. The van der Waals surface area contributed by atoms with Crippen LogP contribution in [0.1, 0.15) is 35.3 Å². The summed E-state index contributed by atoms with van der Waals surface area (Å²) in [5, 5.41) is 6.33. The molecule has 27 heavy (non-hydrogen) atoms. The first kappa shape index (κ1) is 20.9. The molecule has 0 saturated carbocycles. The molecule has 1 fully saturated rings. The van der Waals surface area contributed by atoms with E-state index in [1.54, 1.807) is 12.1 Å². The third-order valence-corrected chi connectivity index (χ3v) is 4.74. The Balaban J connectivity index is 0.00000261. The summed E-state index contributed by atoms with van der Waals surface area (Å²) in [5.41, 5.74) is 1.53. The minimum Gasteiger partial charge on any atom is -0.345 e. The number of nitrogens with one attached hydrogen (secondary N) is 2. The molecular formula is C21H26ClN3O2. The lowest BCUT2D eigenvalue weighted by molar-refractivity contribution is -0.134.